The van der Waals surface area contributed by atoms with Crippen LogP contribution in [0, 0.1) is 0 Å². The van der Waals surface area contributed by atoms with E-state index in [0.717, 1.165) is 60.1 Å². The van der Waals surface area contributed by atoms with Gasteiger partial charge in [-0.2, -0.15) is 0 Å². The highest BCUT2D eigenvalue weighted by Crippen LogP contribution is 2.26. The van der Waals surface area contributed by atoms with Gasteiger partial charge in [0.15, 0.2) is 0 Å². The summed E-state index contributed by atoms with van der Waals surface area (Å²) in [4.78, 5) is 24.8. The fourth-order valence-corrected chi connectivity index (χ4v) is 4.68. The molecule has 0 atom stereocenters. The van der Waals surface area contributed by atoms with Crippen LogP contribution in [0.15, 0.2) is 85.1 Å². The van der Waals surface area contributed by atoms with Crippen LogP contribution >= 0.6 is 0 Å². The van der Waals surface area contributed by atoms with E-state index in [1.165, 1.54) is 19.1 Å². The minimum atomic E-state index is -4.70. The lowest BCUT2D eigenvalue weighted by atomic mass is 10.1. The van der Waals surface area contributed by atoms with Crippen LogP contribution in [0.5, 0.6) is 5.75 Å². The lowest BCUT2D eigenvalue weighted by Crippen LogP contribution is -2.45. The highest BCUT2D eigenvalue weighted by Gasteiger charge is 2.31. The second kappa shape index (κ2) is 12.3. The standard InChI is InChI=1S/C30H29F3N6O2/c1-21(40)35-24-10-8-23(9-11-24)28-12-13-34-29(37-28)36-25-5-3-6-26(19-25)39-16-14-38(15-17-39)20-22-4-2-7-27(18-22)41-30(31,32)33/h2-13,18-19H,14-17,20H2,1H3,(H,35,40)(H,34,36,37). The molecule has 2 N–H and O–H groups in total. The van der Waals surface area contributed by atoms with E-state index >= 15 is 0 Å². The first-order valence-corrected chi connectivity index (χ1v) is 13.1. The minimum absolute atomic E-state index is 0.125. The van der Waals surface area contributed by atoms with Gasteiger partial charge in [0, 0.05) is 68.5 Å². The Morgan fingerprint density at radius 1 is 0.927 bits per heavy atom. The number of nitrogens with one attached hydrogen (secondary N) is 2. The number of rotatable bonds is 8. The molecular formula is C30H29F3N6O2. The Morgan fingerprint density at radius 3 is 2.41 bits per heavy atom. The lowest BCUT2D eigenvalue weighted by molar-refractivity contribution is -0.274. The maximum atomic E-state index is 12.6. The van der Waals surface area contributed by atoms with E-state index in [-0.39, 0.29) is 11.7 Å². The Bertz CT molecular complexity index is 1490. The first-order valence-electron chi connectivity index (χ1n) is 13.1. The third-order valence-corrected chi connectivity index (χ3v) is 6.53. The van der Waals surface area contributed by atoms with Gasteiger partial charge in [0.25, 0.3) is 0 Å². The molecule has 41 heavy (non-hydrogen) atoms. The molecule has 1 aromatic heterocycles. The number of piperazine rings is 1. The van der Waals surface area contributed by atoms with Crippen LogP contribution in [0.25, 0.3) is 11.3 Å². The average Bonchev–Trinajstić information content (AvgIpc) is 2.93. The maximum absolute atomic E-state index is 12.6. The third-order valence-electron chi connectivity index (χ3n) is 6.53. The molecule has 0 bridgehead atoms. The SMILES string of the molecule is CC(=O)Nc1ccc(-c2ccnc(Nc3cccc(N4CCN(Cc5cccc(OC(F)(F)F)c5)CC4)c3)n2)cc1. The second-order valence-electron chi connectivity index (χ2n) is 9.66. The van der Waals surface area contributed by atoms with Crippen LogP contribution in [0.4, 0.5) is 36.2 Å². The van der Waals surface area contributed by atoms with Crippen LogP contribution in [0.2, 0.25) is 0 Å². The molecule has 0 spiro atoms. The largest absolute Gasteiger partial charge is 0.573 e. The van der Waals surface area contributed by atoms with Gasteiger partial charge in [-0.05, 0) is 54.1 Å². The van der Waals surface area contributed by atoms with Crippen molar-refractivity contribution in [2.45, 2.75) is 19.8 Å². The van der Waals surface area contributed by atoms with E-state index in [2.05, 4.69) is 35.1 Å². The van der Waals surface area contributed by atoms with Crippen LogP contribution in [-0.4, -0.2) is 53.3 Å². The van der Waals surface area contributed by atoms with Gasteiger partial charge < -0.3 is 20.3 Å². The van der Waals surface area contributed by atoms with Gasteiger partial charge in [0.2, 0.25) is 11.9 Å². The zero-order valence-electron chi connectivity index (χ0n) is 22.4. The monoisotopic (exact) mass is 562 g/mol. The molecule has 212 valence electrons. The first-order chi connectivity index (χ1) is 19.7. The van der Waals surface area contributed by atoms with Crippen LogP contribution in [0.3, 0.4) is 0 Å². The number of carbonyl (C=O) groups is 1. The summed E-state index contributed by atoms with van der Waals surface area (Å²) >= 11 is 0. The van der Waals surface area contributed by atoms with Crippen molar-refractivity contribution in [2.24, 2.45) is 0 Å². The fraction of sp³-hybridized carbons (Fsp3) is 0.233. The molecule has 1 aliphatic rings. The van der Waals surface area contributed by atoms with E-state index < -0.39 is 6.36 Å². The normalized spacial score (nSPS) is 14.0. The highest BCUT2D eigenvalue weighted by molar-refractivity contribution is 5.88. The summed E-state index contributed by atoms with van der Waals surface area (Å²) in [5, 5.41) is 6.04. The Hall–Kier alpha value is -4.64. The minimum Gasteiger partial charge on any atom is -0.406 e. The molecule has 0 radical (unpaired) electrons. The summed E-state index contributed by atoms with van der Waals surface area (Å²) < 4.78 is 41.7. The number of hydrogen-bond donors (Lipinski definition) is 2. The second-order valence-corrected chi connectivity index (χ2v) is 9.66. The molecule has 1 amide bonds. The maximum Gasteiger partial charge on any atom is 0.573 e. The number of hydrogen-bond acceptors (Lipinski definition) is 7. The van der Waals surface area contributed by atoms with Crippen molar-refractivity contribution in [3.05, 3.63) is 90.6 Å². The Balaban J connectivity index is 1.18. The number of nitrogens with zero attached hydrogens (tertiary/aromatic N) is 4. The predicted molar refractivity (Wildman–Crippen MR) is 152 cm³/mol. The van der Waals surface area contributed by atoms with Crippen LogP contribution in [0.1, 0.15) is 12.5 Å². The molecule has 4 aromatic rings. The fourth-order valence-electron chi connectivity index (χ4n) is 4.68. The highest BCUT2D eigenvalue weighted by atomic mass is 19.4. The van der Waals surface area contributed by atoms with E-state index in [0.29, 0.717) is 12.5 Å². The van der Waals surface area contributed by atoms with Gasteiger partial charge in [-0.15, -0.1) is 13.2 Å². The number of ether oxygens (including phenoxy) is 1. The number of anilines is 4. The Labute approximate surface area is 235 Å². The van der Waals surface area contributed by atoms with Crippen molar-refractivity contribution >= 4 is 28.9 Å². The third kappa shape index (κ3) is 7.95. The van der Waals surface area contributed by atoms with Crippen molar-refractivity contribution in [3.8, 4) is 17.0 Å². The molecule has 8 nitrogen and oxygen atoms in total. The number of benzene rings is 3. The zero-order valence-corrected chi connectivity index (χ0v) is 22.4. The van der Waals surface area contributed by atoms with E-state index in [1.807, 2.05) is 60.7 Å². The molecular weight excluding hydrogens is 533 g/mol. The van der Waals surface area contributed by atoms with E-state index in [1.54, 1.807) is 12.3 Å². The summed E-state index contributed by atoms with van der Waals surface area (Å²) in [7, 11) is 0. The van der Waals surface area contributed by atoms with E-state index in [4.69, 9.17) is 0 Å². The summed E-state index contributed by atoms with van der Waals surface area (Å²) in [6.45, 7) is 5.12. The lowest BCUT2D eigenvalue weighted by Gasteiger charge is -2.36. The van der Waals surface area contributed by atoms with Gasteiger partial charge in [-0.25, -0.2) is 9.97 Å². The van der Waals surface area contributed by atoms with E-state index in [9.17, 15) is 18.0 Å². The molecule has 5 rings (SSSR count). The number of amides is 1. The van der Waals surface area contributed by atoms with Gasteiger partial charge in [-0.3, -0.25) is 9.69 Å². The van der Waals surface area contributed by atoms with Crippen molar-refractivity contribution in [2.75, 3.05) is 41.7 Å². The predicted octanol–water partition coefficient (Wildman–Crippen LogP) is 6.07. The molecule has 1 aliphatic heterocycles. The molecule has 1 saturated heterocycles. The van der Waals surface area contributed by atoms with Crippen molar-refractivity contribution < 1.29 is 22.7 Å². The smallest absolute Gasteiger partial charge is 0.406 e. The van der Waals surface area contributed by atoms with Gasteiger partial charge >= 0.3 is 6.36 Å². The number of alkyl halides is 3. The summed E-state index contributed by atoms with van der Waals surface area (Å²) in [6, 6.07) is 23.4. The Kier molecular flexibility index (Phi) is 8.34. The molecule has 0 saturated carbocycles. The average molecular weight is 563 g/mol. The summed E-state index contributed by atoms with van der Waals surface area (Å²) in [6.07, 6.45) is -3.01. The van der Waals surface area contributed by atoms with Crippen molar-refractivity contribution in [3.63, 3.8) is 0 Å². The van der Waals surface area contributed by atoms with Crippen LogP contribution < -0.4 is 20.3 Å². The quantitative estimate of drug-likeness (QED) is 0.270. The van der Waals surface area contributed by atoms with Crippen LogP contribution in [-0.2, 0) is 11.3 Å². The topological polar surface area (TPSA) is 82.6 Å². The summed E-state index contributed by atoms with van der Waals surface area (Å²) in [5.74, 6) is 0.138. The molecule has 0 aliphatic carbocycles. The van der Waals surface area contributed by atoms with Crippen molar-refractivity contribution in [1.29, 1.82) is 0 Å². The first kappa shape index (κ1) is 27.9. The molecule has 1 fully saturated rings. The van der Waals surface area contributed by atoms with Gasteiger partial charge in [0.1, 0.15) is 5.75 Å². The molecule has 3 aromatic carbocycles. The molecule has 0 unspecified atom stereocenters. The number of halogens is 3. The Morgan fingerprint density at radius 2 is 1.68 bits per heavy atom. The van der Waals surface area contributed by atoms with Gasteiger partial charge in [0.05, 0.1) is 5.69 Å². The molecule has 11 heteroatoms. The number of aromatic nitrogens is 2. The summed E-state index contributed by atoms with van der Waals surface area (Å²) in [5.41, 5.74) is 5.05. The number of carbonyl (C=O) groups excluding carboxylic acids is 1. The van der Waals surface area contributed by atoms with Gasteiger partial charge in [-0.1, -0.05) is 30.3 Å². The molecule has 2 heterocycles. The van der Waals surface area contributed by atoms with Crippen molar-refractivity contribution in [1.82, 2.24) is 14.9 Å². The zero-order chi connectivity index (χ0) is 28.8.